The molecule has 0 aliphatic heterocycles. The van der Waals surface area contributed by atoms with E-state index in [0.29, 0.717) is 0 Å². The maximum absolute atomic E-state index is 13.1. The van der Waals surface area contributed by atoms with Crippen molar-refractivity contribution >= 4 is 11.8 Å². The summed E-state index contributed by atoms with van der Waals surface area (Å²) < 4.78 is 30.4. The van der Waals surface area contributed by atoms with Crippen molar-refractivity contribution < 1.29 is 28.2 Å². The van der Waals surface area contributed by atoms with Gasteiger partial charge in [0.05, 0.1) is 26.2 Å². The predicted octanol–water partition coefficient (Wildman–Crippen LogP) is 0.661. The van der Waals surface area contributed by atoms with Gasteiger partial charge in [-0.25, -0.2) is 8.78 Å². The first kappa shape index (κ1) is 16.2. The summed E-state index contributed by atoms with van der Waals surface area (Å²) in [4.78, 5) is 23.4. The number of methoxy groups -OCH3 is 1. The van der Waals surface area contributed by atoms with Crippen LogP contribution in [0.5, 0.6) is 0 Å². The Morgan fingerprint density at radius 3 is 2.60 bits per heavy atom. The second-order valence-corrected chi connectivity index (χ2v) is 4.00. The standard InChI is InChI=1S/C13H15F2NO4/c1-20-12(18)7-11(16-4-5-17)13(19)8-2-3-9(14)10(15)6-8/h2-3,6,11,16-17H,4-5,7H2,1H3. The van der Waals surface area contributed by atoms with Crippen LogP contribution < -0.4 is 5.32 Å². The summed E-state index contributed by atoms with van der Waals surface area (Å²) in [6, 6.07) is 1.76. The monoisotopic (exact) mass is 287 g/mol. The number of hydrogen-bond acceptors (Lipinski definition) is 5. The number of nitrogens with one attached hydrogen (secondary N) is 1. The van der Waals surface area contributed by atoms with Gasteiger partial charge >= 0.3 is 5.97 Å². The van der Waals surface area contributed by atoms with Gasteiger partial charge in [0.2, 0.25) is 0 Å². The number of aliphatic hydroxyl groups excluding tert-OH is 1. The van der Waals surface area contributed by atoms with Gasteiger partial charge in [0.15, 0.2) is 17.4 Å². The Kier molecular flexibility index (Phi) is 6.20. The fourth-order valence-electron chi connectivity index (χ4n) is 1.60. The molecular formula is C13H15F2NO4. The molecule has 1 unspecified atom stereocenters. The van der Waals surface area contributed by atoms with Crippen LogP contribution in [-0.4, -0.2) is 43.2 Å². The zero-order chi connectivity index (χ0) is 15.1. The van der Waals surface area contributed by atoms with Crippen molar-refractivity contribution in [1.82, 2.24) is 5.32 Å². The molecule has 20 heavy (non-hydrogen) atoms. The summed E-state index contributed by atoms with van der Waals surface area (Å²) in [5, 5.41) is 11.4. The van der Waals surface area contributed by atoms with Crippen molar-refractivity contribution in [2.45, 2.75) is 12.5 Å². The van der Waals surface area contributed by atoms with Crippen LogP contribution in [0.25, 0.3) is 0 Å². The van der Waals surface area contributed by atoms with Crippen LogP contribution in [0.15, 0.2) is 18.2 Å². The number of benzene rings is 1. The van der Waals surface area contributed by atoms with Crippen molar-refractivity contribution in [3.63, 3.8) is 0 Å². The second kappa shape index (κ2) is 7.66. The lowest BCUT2D eigenvalue weighted by Crippen LogP contribution is -2.40. The van der Waals surface area contributed by atoms with E-state index in [0.717, 1.165) is 18.2 Å². The smallest absolute Gasteiger partial charge is 0.307 e. The largest absolute Gasteiger partial charge is 0.469 e. The lowest BCUT2D eigenvalue weighted by molar-refractivity contribution is -0.141. The first-order valence-corrected chi connectivity index (χ1v) is 5.90. The highest BCUT2D eigenvalue weighted by Gasteiger charge is 2.23. The second-order valence-electron chi connectivity index (χ2n) is 4.00. The van der Waals surface area contributed by atoms with Crippen molar-refractivity contribution in [2.24, 2.45) is 0 Å². The van der Waals surface area contributed by atoms with Crippen LogP contribution >= 0.6 is 0 Å². The fraction of sp³-hybridized carbons (Fsp3) is 0.385. The predicted molar refractivity (Wildman–Crippen MR) is 66.2 cm³/mol. The number of halogens is 2. The molecule has 0 aliphatic carbocycles. The maximum Gasteiger partial charge on any atom is 0.307 e. The van der Waals surface area contributed by atoms with Gasteiger partial charge in [-0.2, -0.15) is 0 Å². The number of rotatable bonds is 7. The van der Waals surface area contributed by atoms with Crippen molar-refractivity contribution in [2.75, 3.05) is 20.3 Å². The Hall–Kier alpha value is -1.86. The molecule has 0 bridgehead atoms. The van der Waals surface area contributed by atoms with E-state index in [9.17, 15) is 18.4 Å². The summed E-state index contributed by atoms with van der Waals surface area (Å²) in [6.07, 6.45) is -0.270. The van der Waals surface area contributed by atoms with Gasteiger partial charge in [0, 0.05) is 12.1 Å². The minimum atomic E-state index is -1.14. The van der Waals surface area contributed by atoms with E-state index in [4.69, 9.17) is 5.11 Å². The molecule has 0 heterocycles. The van der Waals surface area contributed by atoms with Gasteiger partial charge in [-0.3, -0.25) is 9.59 Å². The van der Waals surface area contributed by atoms with Gasteiger partial charge in [0.1, 0.15) is 0 Å². The van der Waals surface area contributed by atoms with Gasteiger partial charge in [-0.1, -0.05) is 0 Å². The molecule has 1 aromatic rings. The molecule has 7 heteroatoms. The highest BCUT2D eigenvalue weighted by molar-refractivity contribution is 6.01. The molecule has 0 fully saturated rings. The van der Waals surface area contributed by atoms with Crippen molar-refractivity contribution in [1.29, 1.82) is 0 Å². The molecule has 5 nitrogen and oxygen atoms in total. The third kappa shape index (κ3) is 4.36. The SMILES string of the molecule is COC(=O)CC(NCCO)C(=O)c1ccc(F)c(F)c1. The van der Waals surface area contributed by atoms with Gasteiger partial charge in [0.25, 0.3) is 0 Å². The number of ether oxygens (including phenoxy) is 1. The number of Topliss-reactive ketones (excluding diaryl/α,β-unsaturated/α-hetero) is 1. The third-order valence-corrected chi connectivity index (χ3v) is 2.62. The van der Waals surface area contributed by atoms with E-state index in [1.54, 1.807) is 0 Å². The van der Waals surface area contributed by atoms with Gasteiger partial charge < -0.3 is 15.2 Å². The van der Waals surface area contributed by atoms with Gasteiger partial charge in [-0.05, 0) is 18.2 Å². The maximum atomic E-state index is 13.1. The van der Waals surface area contributed by atoms with E-state index in [2.05, 4.69) is 10.1 Å². The zero-order valence-electron chi connectivity index (χ0n) is 10.9. The molecule has 0 radical (unpaired) electrons. The van der Waals surface area contributed by atoms with Crippen molar-refractivity contribution in [3.8, 4) is 0 Å². The first-order valence-electron chi connectivity index (χ1n) is 5.90. The van der Waals surface area contributed by atoms with E-state index >= 15 is 0 Å². The lowest BCUT2D eigenvalue weighted by Gasteiger charge is -2.16. The molecule has 0 saturated carbocycles. The molecule has 0 aliphatic rings. The molecule has 1 aromatic carbocycles. The number of ketones is 1. The minimum absolute atomic E-state index is 0.0664. The molecule has 1 atom stereocenters. The number of hydrogen-bond donors (Lipinski definition) is 2. The van der Waals surface area contributed by atoms with Crippen LogP contribution in [0, 0.1) is 11.6 Å². The van der Waals surface area contributed by atoms with Crippen LogP contribution in [-0.2, 0) is 9.53 Å². The summed E-state index contributed by atoms with van der Waals surface area (Å²) in [6.45, 7) is -0.153. The Morgan fingerprint density at radius 1 is 1.35 bits per heavy atom. The van der Waals surface area contributed by atoms with Crippen LogP contribution in [0.4, 0.5) is 8.78 Å². The average molecular weight is 287 g/mol. The van der Waals surface area contributed by atoms with Gasteiger partial charge in [-0.15, -0.1) is 0 Å². The molecule has 2 N–H and O–H groups in total. The number of aliphatic hydroxyl groups is 1. The Morgan fingerprint density at radius 2 is 2.05 bits per heavy atom. The summed E-state index contributed by atoms with van der Waals surface area (Å²) in [7, 11) is 1.17. The molecular weight excluding hydrogens is 272 g/mol. The molecule has 1 rings (SSSR count). The molecule has 0 amide bonds. The Balaban J connectivity index is 2.90. The highest BCUT2D eigenvalue weighted by Crippen LogP contribution is 2.12. The summed E-state index contributed by atoms with van der Waals surface area (Å²) >= 11 is 0. The molecule has 0 spiro atoms. The third-order valence-electron chi connectivity index (χ3n) is 2.62. The number of carbonyl (C=O) groups excluding carboxylic acids is 2. The zero-order valence-corrected chi connectivity index (χ0v) is 10.9. The average Bonchev–Trinajstić information content (AvgIpc) is 2.45. The minimum Gasteiger partial charge on any atom is -0.469 e. The van der Waals surface area contributed by atoms with E-state index in [1.807, 2.05) is 0 Å². The topological polar surface area (TPSA) is 75.6 Å². The van der Waals surface area contributed by atoms with E-state index < -0.39 is 29.4 Å². The molecule has 0 saturated heterocycles. The normalized spacial score (nSPS) is 12.0. The van der Waals surface area contributed by atoms with E-state index in [1.165, 1.54) is 7.11 Å². The van der Waals surface area contributed by atoms with Crippen LogP contribution in [0.3, 0.4) is 0 Å². The Labute approximate surface area is 114 Å². The lowest BCUT2D eigenvalue weighted by atomic mass is 10.0. The molecule has 0 aromatic heterocycles. The Bertz CT molecular complexity index is 493. The van der Waals surface area contributed by atoms with E-state index in [-0.39, 0.29) is 25.1 Å². The summed E-state index contributed by atoms with van der Waals surface area (Å²) in [5.74, 6) is -3.41. The van der Waals surface area contributed by atoms with Crippen LogP contribution in [0.2, 0.25) is 0 Å². The highest BCUT2D eigenvalue weighted by atomic mass is 19.2. The number of carbonyl (C=O) groups is 2. The van der Waals surface area contributed by atoms with Crippen LogP contribution in [0.1, 0.15) is 16.8 Å². The number of esters is 1. The fourth-order valence-corrected chi connectivity index (χ4v) is 1.60. The quantitative estimate of drug-likeness (QED) is 0.569. The van der Waals surface area contributed by atoms with Crippen molar-refractivity contribution in [3.05, 3.63) is 35.4 Å². The summed E-state index contributed by atoms with van der Waals surface area (Å²) in [5.41, 5.74) is -0.0664. The first-order chi connectivity index (χ1) is 9.49. The molecule has 110 valence electrons.